The van der Waals surface area contributed by atoms with Crippen LogP contribution in [0.5, 0.6) is 0 Å². The molecule has 82 valence electrons. The van der Waals surface area contributed by atoms with Crippen molar-refractivity contribution >= 4 is 28.5 Å². The number of aromatic nitrogens is 1. The molecule has 1 aliphatic carbocycles. The van der Waals surface area contributed by atoms with Gasteiger partial charge in [-0.1, -0.05) is 0 Å². The summed E-state index contributed by atoms with van der Waals surface area (Å²) in [6.45, 7) is 2.09. The van der Waals surface area contributed by atoms with Crippen LogP contribution >= 0.6 is 22.7 Å². The van der Waals surface area contributed by atoms with E-state index in [1.54, 1.807) is 22.7 Å². The number of thiophene rings is 1. The summed E-state index contributed by atoms with van der Waals surface area (Å²) in [6, 6.07) is 0. The molecule has 0 saturated carbocycles. The summed E-state index contributed by atoms with van der Waals surface area (Å²) >= 11 is 3.38. The number of thiazole rings is 1. The highest BCUT2D eigenvalue weighted by Crippen LogP contribution is 2.35. The molecule has 2 aromatic heterocycles. The smallest absolute Gasteiger partial charge is 0.182 e. The van der Waals surface area contributed by atoms with E-state index in [2.05, 4.69) is 22.7 Å². The van der Waals surface area contributed by atoms with Gasteiger partial charge >= 0.3 is 0 Å². The Kier molecular flexibility index (Phi) is 2.41. The molecule has 4 heteroatoms. The molecule has 16 heavy (non-hydrogen) atoms. The van der Waals surface area contributed by atoms with Crippen molar-refractivity contribution in [3.05, 3.63) is 26.9 Å². The first-order valence-corrected chi connectivity index (χ1v) is 7.07. The molecule has 0 aliphatic heterocycles. The second-order valence-corrected chi connectivity index (χ2v) is 5.86. The maximum absolute atomic E-state index is 11.7. The molecular formula is C12H11NOS2. The zero-order valence-corrected chi connectivity index (χ0v) is 10.6. The molecule has 2 aromatic rings. The zero-order valence-electron chi connectivity index (χ0n) is 8.95. The van der Waals surface area contributed by atoms with E-state index in [0.717, 1.165) is 23.5 Å². The van der Waals surface area contributed by atoms with E-state index in [4.69, 9.17) is 0 Å². The molecular weight excluding hydrogens is 238 g/mol. The summed E-state index contributed by atoms with van der Waals surface area (Å²) in [5.41, 5.74) is 3.18. The Balaban J connectivity index is 2.11. The Morgan fingerprint density at radius 3 is 2.88 bits per heavy atom. The number of rotatable bonds is 1. The third-order valence-electron chi connectivity index (χ3n) is 2.86. The molecule has 0 N–H and O–H groups in total. The minimum atomic E-state index is 0.219. The summed E-state index contributed by atoms with van der Waals surface area (Å²) < 4.78 is 0. The van der Waals surface area contributed by atoms with Gasteiger partial charge in [0.15, 0.2) is 5.78 Å². The molecule has 0 bridgehead atoms. The molecule has 3 rings (SSSR count). The van der Waals surface area contributed by atoms with Crippen LogP contribution in [-0.2, 0) is 6.42 Å². The third kappa shape index (κ3) is 1.53. The van der Waals surface area contributed by atoms with Crippen molar-refractivity contribution in [3.63, 3.8) is 0 Å². The van der Waals surface area contributed by atoms with Gasteiger partial charge in [0.05, 0.1) is 0 Å². The standard InChI is InChI=1S/C12H11NOS2/c1-7-5-15-6-8(7)12-13-11-9(14)3-2-4-10(11)16-12/h5-6H,2-4H2,1H3. The van der Waals surface area contributed by atoms with Crippen LogP contribution in [0.2, 0.25) is 0 Å². The predicted octanol–water partition coefficient (Wildman–Crippen LogP) is 3.70. The number of fused-ring (bicyclic) bond motifs is 1. The average molecular weight is 249 g/mol. The first kappa shape index (κ1) is 10.2. The van der Waals surface area contributed by atoms with Crippen LogP contribution in [-0.4, -0.2) is 10.8 Å². The van der Waals surface area contributed by atoms with Crippen molar-refractivity contribution < 1.29 is 4.79 Å². The monoisotopic (exact) mass is 249 g/mol. The second kappa shape index (κ2) is 3.79. The molecule has 0 radical (unpaired) electrons. The largest absolute Gasteiger partial charge is 0.292 e. The summed E-state index contributed by atoms with van der Waals surface area (Å²) in [6.07, 6.45) is 2.66. The lowest BCUT2D eigenvalue weighted by atomic mass is 10.0. The summed E-state index contributed by atoms with van der Waals surface area (Å²) in [5, 5.41) is 5.25. The molecule has 0 spiro atoms. The molecule has 0 unspecified atom stereocenters. The third-order valence-corrected chi connectivity index (χ3v) is 4.86. The topological polar surface area (TPSA) is 30.0 Å². The van der Waals surface area contributed by atoms with Gasteiger partial charge < -0.3 is 0 Å². The minimum Gasteiger partial charge on any atom is -0.292 e. The Morgan fingerprint density at radius 1 is 1.31 bits per heavy atom. The number of nitrogens with zero attached hydrogens (tertiary/aromatic N) is 1. The van der Waals surface area contributed by atoms with E-state index < -0.39 is 0 Å². The summed E-state index contributed by atoms with van der Waals surface area (Å²) in [4.78, 5) is 17.4. The number of hydrogen-bond donors (Lipinski definition) is 0. The SMILES string of the molecule is Cc1cscc1-c1nc2c(s1)CCCC2=O. The maximum atomic E-state index is 11.7. The Morgan fingerprint density at radius 2 is 2.19 bits per heavy atom. The zero-order chi connectivity index (χ0) is 11.1. The van der Waals surface area contributed by atoms with Gasteiger partial charge in [-0.15, -0.1) is 11.3 Å². The fraction of sp³-hybridized carbons (Fsp3) is 0.333. The van der Waals surface area contributed by atoms with Gasteiger partial charge in [0.25, 0.3) is 0 Å². The normalized spacial score (nSPS) is 15.2. The van der Waals surface area contributed by atoms with Crippen LogP contribution in [0.4, 0.5) is 0 Å². The van der Waals surface area contributed by atoms with E-state index in [0.29, 0.717) is 6.42 Å². The van der Waals surface area contributed by atoms with Crippen molar-refractivity contribution in [1.82, 2.24) is 4.98 Å². The van der Waals surface area contributed by atoms with E-state index in [1.165, 1.54) is 16.0 Å². The van der Waals surface area contributed by atoms with Crippen LogP contribution < -0.4 is 0 Å². The highest BCUT2D eigenvalue weighted by atomic mass is 32.1. The van der Waals surface area contributed by atoms with E-state index >= 15 is 0 Å². The number of Topliss-reactive ketones (excluding diaryl/α,β-unsaturated/α-hetero) is 1. The van der Waals surface area contributed by atoms with Gasteiger partial charge in [-0.25, -0.2) is 4.98 Å². The Labute approximate surface area is 102 Å². The van der Waals surface area contributed by atoms with Gasteiger partial charge in [-0.3, -0.25) is 4.79 Å². The van der Waals surface area contributed by atoms with Crippen LogP contribution in [0.3, 0.4) is 0 Å². The van der Waals surface area contributed by atoms with Gasteiger partial charge in [-0.2, -0.15) is 11.3 Å². The van der Waals surface area contributed by atoms with Crippen molar-refractivity contribution in [2.75, 3.05) is 0 Å². The highest BCUT2D eigenvalue weighted by molar-refractivity contribution is 7.16. The van der Waals surface area contributed by atoms with Crippen LogP contribution in [0.25, 0.3) is 10.6 Å². The molecule has 0 atom stereocenters. The Hall–Kier alpha value is -1.00. The minimum absolute atomic E-state index is 0.219. The second-order valence-electron chi connectivity index (χ2n) is 4.04. The van der Waals surface area contributed by atoms with Crippen molar-refractivity contribution in [2.45, 2.75) is 26.2 Å². The average Bonchev–Trinajstić information content (AvgIpc) is 2.84. The molecule has 2 nitrogen and oxygen atoms in total. The fourth-order valence-electron chi connectivity index (χ4n) is 1.96. The van der Waals surface area contributed by atoms with Gasteiger partial charge in [0.2, 0.25) is 0 Å². The molecule has 1 aliphatic rings. The van der Waals surface area contributed by atoms with Crippen LogP contribution in [0.1, 0.15) is 33.8 Å². The number of aryl methyl sites for hydroxylation is 2. The lowest BCUT2D eigenvalue weighted by molar-refractivity contribution is 0.0968. The lowest BCUT2D eigenvalue weighted by Crippen LogP contribution is -2.08. The first-order chi connectivity index (χ1) is 7.75. The quantitative estimate of drug-likeness (QED) is 0.771. The van der Waals surface area contributed by atoms with E-state index in [-0.39, 0.29) is 5.78 Å². The molecule has 0 saturated heterocycles. The van der Waals surface area contributed by atoms with Crippen LogP contribution in [0.15, 0.2) is 10.8 Å². The summed E-state index contributed by atoms with van der Waals surface area (Å²) in [5.74, 6) is 0.219. The fourth-order valence-corrected chi connectivity index (χ4v) is 4.07. The highest BCUT2D eigenvalue weighted by Gasteiger charge is 2.23. The lowest BCUT2D eigenvalue weighted by Gasteiger charge is -2.06. The van der Waals surface area contributed by atoms with E-state index in [9.17, 15) is 4.79 Å². The Bertz CT molecular complexity index is 553. The maximum Gasteiger partial charge on any atom is 0.182 e. The first-order valence-electron chi connectivity index (χ1n) is 5.32. The van der Waals surface area contributed by atoms with Gasteiger partial charge in [0.1, 0.15) is 10.7 Å². The van der Waals surface area contributed by atoms with Gasteiger partial charge in [-0.05, 0) is 30.7 Å². The number of ketones is 1. The molecule has 0 fully saturated rings. The molecule has 2 heterocycles. The van der Waals surface area contributed by atoms with Crippen molar-refractivity contribution in [2.24, 2.45) is 0 Å². The van der Waals surface area contributed by atoms with E-state index in [1.807, 2.05) is 0 Å². The van der Waals surface area contributed by atoms with Crippen molar-refractivity contribution in [3.8, 4) is 10.6 Å². The molecule has 0 aromatic carbocycles. The predicted molar refractivity (Wildman–Crippen MR) is 67.4 cm³/mol. The number of hydrogen-bond acceptors (Lipinski definition) is 4. The van der Waals surface area contributed by atoms with Gasteiger partial charge in [0, 0.05) is 22.2 Å². The van der Waals surface area contributed by atoms with Crippen molar-refractivity contribution in [1.29, 1.82) is 0 Å². The number of carbonyl (C=O) groups excluding carboxylic acids is 1. The summed E-state index contributed by atoms with van der Waals surface area (Å²) in [7, 11) is 0. The molecule has 0 amide bonds. The number of carbonyl (C=O) groups is 1. The van der Waals surface area contributed by atoms with Crippen LogP contribution in [0, 0.1) is 6.92 Å².